The molecule has 0 aromatic rings. The van der Waals surface area contributed by atoms with Crippen LogP contribution in [0.1, 0.15) is 12.8 Å². The lowest BCUT2D eigenvalue weighted by Gasteiger charge is -2.38. The Morgan fingerprint density at radius 1 is 1.56 bits per heavy atom. The van der Waals surface area contributed by atoms with Gasteiger partial charge < -0.3 is 19.6 Å². The number of amides is 1. The number of carbonyl (C=O) groups is 2. The third kappa shape index (κ3) is 3.00. The molecule has 2 saturated heterocycles. The van der Waals surface area contributed by atoms with Crippen LogP contribution in [-0.2, 0) is 14.3 Å². The highest BCUT2D eigenvalue weighted by atomic mass is 16.5. The van der Waals surface area contributed by atoms with Gasteiger partial charge in [-0.2, -0.15) is 0 Å². The number of hydrogen-bond acceptors (Lipinski definition) is 4. The molecule has 0 aromatic carbocycles. The molecule has 2 aliphatic rings. The maximum atomic E-state index is 11.8. The Kier molecular flexibility index (Phi) is 4.19. The van der Waals surface area contributed by atoms with Gasteiger partial charge in [-0.3, -0.25) is 4.79 Å². The maximum Gasteiger partial charge on any atom is 0.328 e. The van der Waals surface area contributed by atoms with E-state index in [-0.39, 0.29) is 19.1 Å². The van der Waals surface area contributed by atoms with E-state index >= 15 is 0 Å². The lowest BCUT2D eigenvalue weighted by atomic mass is 9.97. The number of aliphatic carboxylic acids is 1. The number of rotatable bonds is 3. The molecule has 2 heterocycles. The lowest BCUT2D eigenvalue weighted by molar-refractivity contribution is -0.163. The van der Waals surface area contributed by atoms with Gasteiger partial charge >= 0.3 is 5.97 Å². The van der Waals surface area contributed by atoms with Gasteiger partial charge in [-0.05, 0) is 32.4 Å². The molecule has 0 spiro atoms. The second-order valence-electron chi connectivity index (χ2n) is 5.19. The van der Waals surface area contributed by atoms with Crippen LogP contribution in [0.25, 0.3) is 0 Å². The van der Waals surface area contributed by atoms with E-state index in [0.717, 1.165) is 25.9 Å². The Hall–Kier alpha value is -1.14. The number of carboxylic acids is 1. The van der Waals surface area contributed by atoms with Gasteiger partial charge in [0.05, 0.1) is 6.61 Å². The first-order valence-electron chi connectivity index (χ1n) is 6.36. The van der Waals surface area contributed by atoms with Crippen LogP contribution in [0.4, 0.5) is 0 Å². The Morgan fingerprint density at radius 3 is 3.00 bits per heavy atom. The zero-order chi connectivity index (χ0) is 13.1. The molecule has 2 atom stereocenters. The summed E-state index contributed by atoms with van der Waals surface area (Å²) >= 11 is 0. The second kappa shape index (κ2) is 5.67. The summed E-state index contributed by atoms with van der Waals surface area (Å²) in [6, 6.07) is -0.821. The van der Waals surface area contributed by atoms with Crippen molar-refractivity contribution in [2.75, 3.05) is 39.9 Å². The second-order valence-corrected chi connectivity index (χ2v) is 5.19. The highest BCUT2D eigenvalue weighted by Crippen LogP contribution is 2.19. The van der Waals surface area contributed by atoms with E-state index in [0.29, 0.717) is 12.5 Å². The van der Waals surface area contributed by atoms with Gasteiger partial charge in [0.1, 0.15) is 6.61 Å². The summed E-state index contributed by atoms with van der Waals surface area (Å²) in [5, 5.41) is 9.12. The number of likely N-dealkylation sites (tertiary alicyclic amines) is 1. The fraction of sp³-hybridized carbons (Fsp3) is 0.833. The molecule has 1 amide bonds. The number of morpholine rings is 1. The van der Waals surface area contributed by atoms with Gasteiger partial charge in [0, 0.05) is 13.1 Å². The van der Waals surface area contributed by atoms with Crippen molar-refractivity contribution in [2.24, 2.45) is 5.92 Å². The van der Waals surface area contributed by atoms with E-state index in [1.165, 1.54) is 4.90 Å². The van der Waals surface area contributed by atoms with Crippen molar-refractivity contribution in [1.29, 1.82) is 0 Å². The molecular formula is C12H20N2O4. The third-order valence-electron chi connectivity index (χ3n) is 3.66. The highest BCUT2D eigenvalue weighted by Gasteiger charge is 2.35. The topological polar surface area (TPSA) is 70.1 Å². The predicted molar refractivity (Wildman–Crippen MR) is 64.2 cm³/mol. The molecule has 0 radical (unpaired) electrons. The fourth-order valence-corrected chi connectivity index (χ4v) is 2.74. The van der Waals surface area contributed by atoms with Crippen molar-refractivity contribution in [3.05, 3.63) is 0 Å². The van der Waals surface area contributed by atoms with Gasteiger partial charge in [0.15, 0.2) is 6.04 Å². The molecule has 6 heteroatoms. The van der Waals surface area contributed by atoms with E-state index in [9.17, 15) is 9.59 Å². The van der Waals surface area contributed by atoms with Crippen molar-refractivity contribution >= 4 is 11.9 Å². The smallest absolute Gasteiger partial charge is 0.328 e. The Morgan fingerprint density at radius 2 is 2.33 bits per heavy atom. The molecule has 102 valence electrons. The summed E-state index contributed by atoms with van der Waals surface area (Å²) in [7, 11) is 2.06. The molecule has 6 nitrogen and oxygen atoms in total. The maximum absolute atomic E-state index is 11.8. The van der Waals surface area contributed by atoms with E-state index in [2.05, 4.69) is 11.9 Å². The largest absolute Gasteiger partial charge is 0.480 e. The number of ether oxygens (including phenoxy) is 1. The zero-order valence-electron chi connectivity index (χ0n) is 10.7. The highest BCUT2D eigenvalue weighted by molar-refractivity contribution is 5.85. The fourth-order valence-electron chi connectivity index (χ4n) is 2.74. The van der Waals surface area contributed by atoms with Crippen LogP contribution in [0.5, 0.6) is 0 Å². The predicted octanol–water partition coefficient (Wildman–Crippen LogP) is -0.360. The molecule has 0 aliphatic carbocycles. The van der Waals surface area contributed by atoms with Crippen LogP contribution in [0.2, 0.25) is 0 Å². The van der Waals surface area contributed by atoms with Crippen LogP contribution in [0.3, 0.4) is 0 Å². The molecule has 0 aromatic heterocycles. The van der Waals surface area contributed by atoms with Gasteiger partial charge in [0.25, 0.3) is 0 Å². The third-order valence-corrected chi connectivity index (χ3v) is 3.66. The van der Waals surface area contributed by atoms with Crippen LogP contribution in [0.15, 0.2) is 0 Å². The number of nitrogens with zero attached hydrogens (tertiary/aromatic N) is 2. The van der Waals surface area contributed by atoms with Crippen molar-refractivity contribution in [3.63, 3.8) is 0 Å². The molecule has 1 N–H and O–H groups in total. The Balaban J connectivity index is 1.99. The van der Waals surface area contributed by atoms with E-state index in [1.54, 1.807) is 0 Å². The molecule has 2 aliphatic heterocycles. The van der Waals surface area contributed by atoms with E-state index in [1.807, 2.05) is 0 Å². The minimum atomic E-state index is -0.979. The SMILES string of the molecule is CN1CCCC(CN2C(=O)COCC2C(=O)O)C1. The summed E-state index contributed by atoms with van der Waals surface area (Å²) in [4.78, 5) is 26.6. The van der Waals surface area contributed by atoms with Gasteiger partial charge in [-0.1, -0.05) is 0 Å². The van der Waals surface area contributed by atoms with E-state index < -0.39 is 12.0 Å². The molecular weight excluding hydrogens is 236 g/mol. The van der Waals surface area contributed by atoms with Crippen molar-refractivity contribution < 1.29 is 19.4 Å². The van der Waals surface area contributed by atoms with Crippen LogP contribution in [-0.4, -0.2) is 72.7 Å². The minimum Gasteiger partial charge on any atom is -0.480 e. The number of carbonyl (C=O) groups excluding carboxylic acids is 1. The number of hydrogen-bond donors (Lipinski definition) is 1. The van der Waals surface area contributed by atoms with Crippen molar-refractivity contribution in [1.82, 2.24) is 9.80 Å². The minimum absolute atomic E-state index is 0.00629. The monoisotopic (exact) mass is 256 g/mol. The van der Waals surface area contributed by atoms with Crippen LogP contribution >= 0.6 is 0 Å². The standard InChI is InChI=1S/C12H20N2O4/c1-13-4-2-3-9(5-13)6-14-10(12(16)17)7-18-8-11(14)15/h9-10H,2-8H2,1H3,(H,16,17). The summed E-state index contributed by atoms with van der Waals surface area (Å²) in [5.74, 6) is -0.818. The average Bonchev–Trinajstić information content (AvgIpc) is 2.31. The van der Waals surface area contributed by atoms with Gasteiger partial charge in [0.2, 0.25) is 5.91 Å². The zero-order valence-corrected chi connectivity index (χ0v) is 10.7. The average molecular weight is 256 g/mol. The van der Waals surface area contributed by atoms with Crippen LogP contribution in [0, 0.1) is 5.92 Å². The molecule has 18 heavy (non-hydrogen) atoms. The number of carboxylic acid groups (broad SMARTS) is 1. The number of piperidine rings is 1. The van der Waals surface area contributed by atoms with Crippen molar-refractivity contribution in [2.45, 2.75) is 18.9 Å². The molecule has 0 bridgehead atoms. The Labute approximate surface area is 106 Å². The molecule has 2 fully saturated rings. The van der Waals surface area contributed by atoms with Crippen LogP contribution < -0.4 is 0 Å². The first-order chi connectivity index (χ1) is 8.58. The summed E-state index contributed by atoms with van der Waals surface area (Å²) in [6.07, 6.45) is 2.17. The van der Waals surface area contributed by atoms with Gasteiger partial charge in [-0.15, -0.1) is 0 Å². The Bertz CT molecular complexity index is 334. The quantitative estimate of drug-likeness (QED) is 0.747. The van der Waals surface area contributed by atoms with Crippen molar-refractivity contribution in [3.8, 4) is 0 Å². The lowest BCUT2D eigenvalue weighted by Crippen LogP contribution is -2.55. The first kappa shape index (κ1) is 13.3. The molecule has 2 unspecified atom stereocenters. The summed E-state index contributed by atoms with van der Waals surface area (Å²) in [6.45, 7) is 2.65. The first-order valence-corrected chi connectivity index (χ1v) is 6.36. The summed E-state index contributed by atoms with van der Waals surface area (Å²) in [5.41, 5.74) is 0. The molecule has 2 rings (SSSR count). The van der Waals surface area contributed by atoms with E-state index in [4.69, 9.17) is 9.84 Å². The normalized spacial score (nSPS) is 30.5. The molecule has 0 saturated carbocycles. The van der Waals surface area contributed by atoms with Gasteiger partial charge in [-0.25, -0.2) is 4.79 Å². The summed E-state index contributed by atoms with van der Waals surface area (Å²) < 4.78 is 5.01.